The van der Waals surface area contributed by atoms with Crippen molar-refractivity contribution in [2.45, 2.75) is 78.3 Å². The highest BCUT2D eigenvalue weighted by Gasteiger charge is 2.40. The fourth-order valence-corrected chi connectivity index (χ4v) is 4.81. The summed E-state index contributed by atoms with van der Waals surface area (Å²) in [6, 6.07) is 0.156. The molecule has 0 saturated heterocycles. The van der Waals surface area contributed by atoms with E-state index >= 15 is 0 Å². The lowest BCUT2D eigenvalue weighted by Gasteiger charge is -2.22. The van der Waals surface area contributed by atoms with Crippen LogP contribution in [0.5, 0.6) is 0 Å². The molecule has 21 heavy (non-hydrogen) atoms. The molecule has 0 aromatic carbocycles. The maximum atomic E-state index is 6.38. The Balaban J connectivity index is 1.86. The molecule has 0 amide bonds. The predicted octanol–water partition coefficient (Wildman–Crippen LogP) is 3.85. The Labute approximate surface area is 129 Å². The molecule has 0 aliphatic heterocycles. The summed E-state index contributed by atoms with van der Waals surface area (Å²) in [7, 11) is 0. The summed E-state index contributed by atoms with van der Waals surface area (Å²) < 4.78 is 2.33. The highest BCUT2D eigenvalue weighted by molar-refractivity contribution is 5.30. The van der Waals surface area contributed by atoms with Crippen LogP contribution in [0.3, 0.4) is 0 Å². The summed E-state index contributed by atoms with van der Waals surface area (Å²) in [5, 5.41) is 4.95. The first kappa shape index (κ1) is 15.1. The number of hydrogen-bond acceptors (Lipinski definition) is 2. The van der Waals surface area contributed by atoms with Crippen LogP contribution in [-0.4, -0.2) is 9.78 Å². The van der Waals surface area contributed by atoms with Crippen molar-refractivity contribution in [3.05, 3.63) is 17.0 Å². The smallest absolute Gasteiger partial charge is 0.0672 e. The van der Waals surface area contributed by atoms with Crippen LogP contribution in [-0.2, 0) is 19.4 Å². The molecule has 118 valence electrons. The van der Waals surface area contributed by atoms with Crippen molar-refractivity contribution in [2.24, 2.45) is 23.5 Å². The van der Waals surface area contributed by atoms with Crippen LogP contribution in [0.2, 0.25) is 0 Å². The quantitative estimate of drug-likeness (QED) is 0.864. The molecule has 4 atom stereocenters. The van der Waals surface area contributed by atoms with Gasteiger partial charge in [-0.15, -0.1) is 0 Å². The van der Waals surface area contributed by atoms with Gasteiger partial charge < -0.3 is 5.73 Å². The Bertz CT molecular complexity index is 491. The van der Waals surface area contributed by atoms with Crippen molar-refractivity contribution >= 4 is 0 Å². The van der Waals surface area contributed by atoms with Gasteiger partial charge in [0.2, 0.25) is 0 Å². The average molecular weight is 289 g/mol. The minimum Gasteiger partial charge on any atom is -0.324 e. The van der Waals surface area contributed by atoms with E-state index in [1.807, 2.05) is 0 Å². The summed E-state index contributed by atoms with van der Waals surface area (Å²) in [6.45, 7) is 7.76. The number of aromatic nitrogens is 2. The molecule has 2 fully saturated rings. The van der Waals surface area contributed by atoms with Crippen molar-refractivity contribution in [1.29, 1.82) is 0 Å². The third kappa shape index (κ3) is 2.65. The van der Waals surface area contributed by atoms with Gasteiger partial charge >= 0.3 is 0 Å². The van der Waals surface area contributed by atoms with Gasteiger partial charge in [-0.3, -0.25) is 4.68 Å². The van der Waals surface area contributed by atoms with Crippen molar-refractivity contribution in [3.63, 3.8) is 0 Å². The largest absolute Gasteiger partial charge is 0.324 e. The Hall–Kier alpha value is -0.830. The van der Waals surface area contributed by atoms with Gasteiger partial charge in [0.15, 0.2) is 0 Å². The molecule has 0 radical (unpaired) electrons. The van der Waals surface area contributed by atoms with Gasteiger partial charge in [0.25, 0.3) is 0 Å². The summed E-state index contributed by atoms with van der Waals surface area (Å²) in [5.74, 6) is 2.85. The van der Waals surface area contributed by atoms with Crippen molar-refractivity contribution < 1.29 is 0 Å². The lowest BCUT2D eigenvalue weighted by Crippen LogP contribution is -2.20. The van der Waals surface area contributed by atoms with E-state index in [9.17, 15) is 0 Å². The first-order valence-electron chi connectivity index (χ1n) is 9.01. The van der Waals surface area contributed by atoms with E-state index in [1.54, 1.807) is 0 Å². The average Bonchev–Trinajstić information content (AvgIpc) is 3.19. The molecule has 3 heteroatoms. The van der Waals surface area contributed by atoms with Crippen molar-refractivity contribution in [2.75, 3.05) is 0 Å². The first-order valence-corrected chi connectivity index (χ1v) is 9.01. The lowest BCUT2D eigenvalue weighted by atomic mass is 9.89. The molecule has 3 nitrogen and oxygen atoms in total. The van der Waals surface area contributed by atoms with Crippen LogP contribution in [0.25, 0.3) is 0 Å². The fourth-order valence-electron chi connectivity index (χ4n) is 4.81. The fraction of sp³-hybridized carbons (Fsp3) is 0.833. The molecule has 4 unspecified atom stereocenters. The van der Waals surface area contributed by atoms with Crippen molar-refractivity contribution in [1.82, 2.24) is 9.78 Å². The molecule has 0 spiro atoms. The number of nitrogens with two attached hydrogens (primary N) is 1. The lowest BCUT2D eigenvalue weighted by molar-refractivity contribution is 0.282. The summed E-state index contributed by atoms with van der Waals surface area (Å²) in [4.78, 5) is 0. The minimum absolute atomic E-state index is 0.156. The predicted molar refractivity (Wildman–Crippen MR) is 87.1 cm³/mol. The van der Waals surface area contributed by atoms with E-state index in [-0.39, 0.29) is 6.04 Å². The molecular weight excluding hydrogens is 258 g/mol. The van der Waals surface area contributed by atoms with Crippen molar-refractivity contribution in [3.8, 4) is 0 Å². The summed E-state index contributed by atoms with van der Waals surface area (Å²) in [6.07, 6.45) is 8.91. The van der Waals surface area contributed by atoms with Crippen LogP contribution in [0, 0.1) is 17.8 Å². The number of nitrogens with zero attached hydrogens (tertiary/aromatic N) is 2. The van der Waals surface area contributed by atoms with Crippen LogP contribution in [0.15, 0.2) is 0 Å². The number of aryl methyl sites for hydroxylation is 1. The van der Waals surface area contributed by atoms with E-state index in [0.29, 0.717) is 0 Å². The molecule has 1 aromatic heterocycles. The second kappa shape index (κ2) is 6.12. The SMILES string of the molecule is CCc1nn(CC2CC3CCC2C3)c(CC)c1C(N)CC. The molecule has 2 aliphatic carbocycles. The van der Waals surface area contributed by atoms with E-state index in [2.05, 4.69) is 25.5 Å². The molecular formula is C18H31N3. The first-order chi connectivity index (χ1) is 10.2. The molecule has 1 aromatic rings. The minimum atomic E-state index is 0.156. The van der Waals surface area contributed by atoms with Gasteiger partial charge in [-0.2, -0.15) is 5.10 Å². The van der Waals surface area contributed by atoms with E-state index < -0.39 is 0 Å². The Morgan fingerprint density at radius 2 is 2.00 bits per heavy atom. The van der Waals surface area contributed by atoms with E-state index in [1.165, 1.54) is 42.6 Å². The summed E-state index contributed by atoms with van der Waals surface area (Å²) in [5.41, 5.74) is 10.4. The van der Waals surface area contributed by atoms with Gasteiger partial charge in [0.1, 0.15) is 0 Å². The second-order valence-corrected chi connectivity index (χ2v) is 7.15. The third-order valence-electron chi connectivity index (χ3n) is 5.95. The zero-order chi connectivity index (χ0) is 15.0. The maximum Gasteiger partial charge on any atom is 0.0672 e. The molecule has 2 aliphatic rings. The molecule has 2 N–H and O–H groups in total. The summed E-state index contributed by atoms with van der Waals surface area (Å²) >= 11 is 0. The second-order valence-electron chi connectivity index (χ2n) is 7.15. The molecule has 2 saturated carbocycles. The number of hydrogen-bond donors (Lipinski definition) is 1. The number of fused-ring (bicyclic) bond motifs is 2. The Morgan fingerprint density at radius 1 is 1.19 bits per heavy atom. The number of rotatable bonds is 6. The normalized spacial score (nSPS) is 29.2. The van der Waals surface area contributed by atoms with Crippen LogP contribution >= 0.6 is 0 Å². The monoisotopic (exact) mass is 289 g/mol. The topological polar surface area (TPSA) is 43.8 Å². The highest BCUT2D eigenvalue weighted by Crippen LogP contribution is 2.49. The standard InChI is InChI=1S/C18H31N3/c1-4-15(19)18-16(5-2)20-21(17(18)6-3)11-14-10-12-7-8-13(14)9-12/h12-15H,4-11,19H2,1-3H3. The Kier molecular flexibility index (Phi) is 4.39. The zero-order valence-electron chi connectivity index (χ0n) is 13.9. The van der Waals surface area contributed by atoms with Crippen LogP contribution < -0.4 is 5.73 Å². The van der Waals surface area contributed by atoms with Crippen LogP contribution in [0.4, 0.5) is 0 Å². The third-order valence-corrected chi connectivity index (χ3v) is 5.95. The molecule has 2 bridgehead atoms. The highest BCUT2D eigenvalue weighted by atomic mass is 15.3. The zero-order valence-corrected chi connectivity index (χ0v) is 13.9. The van der Waals surface area contributed by atoms with Gasteiger partial charge in [-0.1, -0.05) is 27.2 Å². The maximum absolute atomic E-state index is 6.38. The van der Waals surface area contributed by atoms with Gasteiger partial charge in [-0.05, 0) is 56.3 Å². The van der Waals surface area contributed by atoms with E-state index in [4.69, 9.17) is 10.8 Å². The molecule has 3 rings (SSSR count). The van der Waals surface area contributed by atoms with Gasteiger partial charge in [-0.25, -0.2) is 0 Å². The van der Waals surface area contributed by atoms with Crippen LogP contribution in [0.1, 0.15) is 75.9 Å². The molecule has 1 heterocycles. The Morgan fingerprint density at radius 3 is 2.52 bits per heavy atom. The van der Waals surface area contributed by atoms with E-state index in [0.717, 1.165) is 43.6 Å². The van der Waals surface area contributed by atoms with Gasteiger partial charge in [0, 0.05) is 23.8 Å². The van der Waals surface area contributed by atoms with Gasteiger partial charge in [0.05, 0.1) is 5.69 Å².